The number of nitrogens with two attached hydrogens (primary N) is 1. The zero-order valence-electron chi connectivity index (χ0n) is 10.4. The van der Waals surface area contributed by atoms with E-state index < -0.39 is 13.7 Å². The molecule has 0 aliphatic carbocycles. The number of hydrogen-bond donors (Lipinski definition) is 1. The van der Waals surface area contributed by atoms with Gasteiger partial charge >= 0.3 is 7.80 Å². The van der Waals surface area contributed by atoms with Crippen LogP contribution in [0.2, 0.25) is 0 Å². The minimum absolute atomic E-state index is 0.202. The Bertz CT molecular complexity index is 357. The van der Waals surface area contributed by atoms with Crippen LogP contribution in [0.3, 0.4) is 0 Å². The summed E-state index contributed by atoms with van der Waals surface area (Å²) < 4.78 is 11.5. The van der Waals surface area contributed by atoms with E-state index in [1.807, 2.05) is 25.2 Å². The van der Waals surface area contributed by atoms with Gasteiger partial charge in [0, 0.05) is 5.75 Å². The molecule has 0 saturated carbocycles. The van der Waals surface area contributed by atoms with E-state index >= 15 is 0 Å². The minimum Gasteiger partial charge on any atom is -0.370 e. The molecule has 2 N–H and O–H groups in total. The van der Waals surface area contributed by atoms with Crippen LogP contribution >= 0.6 is 29.4 Å². The zero-order valence-corrected chi connectivity index (χ0v) is 12.9. The van der Waals surface area contributed by atoms with Gasteiger partial charge in [-0.1, -0.05) is 27.5 Å². The fraction of sp³-hybridized carbons (Fsp3) is 0.455. The molecule has 1 atom stereocenters. The third-order valence-electron chi connectivity index (χ3n) is 1.76. The largest absolute Gasteiger partial charge is 0.370 e. The summed E-state index contributed by atoms with van der Waals surface area (Å²) in [5.74, 6) is 0.356. The summed E-state index contributed by atoms with van der Waals surface area (Å²) in [6.07, 6.45) is 6.86. The van der Waals surface area contributed by atoms with Gasteiger partial charge in [0.1, 0.15) is 5.03 Å². The lowest BCUT2D eigenvalue weighted by atomic mass is 10.5. The van der Waals surface area contributed by atoms with Gasteiger partial charge in [0.15, 0.2) is 12.3 Å². The van der Waals surface area contributed by atoms with E-state index in [4.69, 9.17) is 5.73 Å². The Kier molecular flexibility index (Phi) is 11.1. The average Bonchev–Trinajstić information content (AvgIpc) is 2.35. The molecule has 0 saturated heterocycles. The molecule has 0 heterocycles. The van der Waals surface area contributed by atoms with Gasteiger partial charge in [-0.2, -0.15) is 0 Å². The molecule has 0 bridgehead atoms. The third-order valence-corrected chi connectivity index (χ3v) is 5.80. The number of aliphatic imine (C=N–C) groups is 1. The van der Waals surface area contributed by atoms with E-state index in [0.29, 0.717) is 12.3 Å². The summed E-state index contributed by atoms with van der Waals surface area (Å²) in [5, 5.41) is 0.825. The molecule has 18 heavy (non-hydrogen) atoms. The molecule has 0 aromatic rings. The second kappa shape index (κ2) is 11.5. The summed E-state index contributed by atoms with van der Waals surface area (Å²) in [4.78, 5) is 14.4. The summed E-state index contributed by atoms with van der Waals surface area (Å²) >= 11 is 0. The standard InChI is InChI=1S/C11H17N2O2PS2/c1-3-4-5-11(13-2)18-17-9-8-16(15)7-6-10(12)14/h3-5H,2,6-9H2,1H3,(H-,12,14)/p+1/b4-3-,11-5+. The van der Waals surface area contributed by atoms with Crippen molar-refractivity contribution in [2.24, 2.45) is 10.7 Å². The summed E-state index contributed by atoms with van der Waals surface area (Å²) in [6.45, 7) is 5.41. The molecule has 0 aromatic heterocycles. The Balaban J connectivity index is 3.75. The molecule has 0 aromatic carbocycles. The van der Waals surface area contributed by atoms with Crippen molar-refractivity contribution in [2.75, 3.05) is 18.1 Å². The van der Waals surface area contributed by atoms with Crippen molar-refractivity contribution in [1.29, 1.82) is 0 Å². The smallest absolute Gasteiger partial charge is 0.340 e. The Morgan fingerprint density at radius 2 is 2.22 bits per heavy atom. The Hall–Kier alpha value is -0.580. The molecule has 0 aliphatic heterocycles. The first-order valence-electron chi connectivity index (χ1n) is 5.39. The second-order valence-corrected chi connectivity index (χ2v) is 7.53. The van der Waals surface area contributed by atoms with Crippen molar-refractivity contribution in [2.45, 2.75) is 13.3 Å². The number of rotatable bonds is 10. The van der Waals surface area contributed by atoms with Crippen molar-refractivity contribution in [3.63, 3.8) is 0 Å². The average molecular weight is 305 g/mol. The van der Waals surface area contributed by atoms with Crippen LogP contribution in [0.4, 0.5) is 0 Å². The maximum absolute atomic E-state index is 11.5. The highest BCUT2D eigenvalue weighted by Gasteiger charge is 2.15. The first-order valence-corrected chi connectivity index (χ1v) is 9.34. The predicted molar refractivity (Wildman–Crippen MR) is 83.6 cm³/mol. The molecule has 1 amide bonds. The normalized spacial score (nSPS) is 12.7. The van der Waals surface area contributed by atoms with E-state index in [-0.39, 0.29) is 6.42 Å². The highest BCUT2D eigenvalue weighted by atomic mass is 33.1. The SMILES string of the molecule is C=N/C(=C\C=C/C)SSCC[P+](=O)CCC(N)=O. The quantitative estimate of drug-likeness (QED) is 0.221. The minimum atomic E-state index is -1.32. The Morgan fingerprint density at radius 3 is 2.78 bits per heavy atom. The van der Waals surface area contributed by atoms with Crippen LogP contribution in [-0.4, -0.2) is 30.7 Å². The molecule has 0 fully saturated rings. The van der Waals surface area contributed by atoms with Crippen molar-refractivity contribution in [3.8, 4) is 0 Å². The maximum Gasteiger partial charge on any atom is 0.340 e. The predicted octanol–water partition coefficient (Wildman–Crippen LogP) is 3.19. The molecule has 0 radical (unpaired) electrons. The number of carbonyl (C=O) groups is 1. The highest BCUT2D eigenvalue weighted by Crippen LogP contribution is 2.33. The fourth-order valence-corrected chi connectivity index (χ4v) is 4.68. The van der Waals surface area contributed by atoms with E-state index in [9.17, 15) is 9.36 Å². The van der Waals surface area contributed by atoms with Gasteiger partial charge in [0.25, 0.3) is 0 Å². The molecule has 0 spiro atoms. The van der Waals surface area contributed by atoms with E-state index in [0.717, 1.165) is 10.8 Å². The first kappa shape index (κ1) is 17.4. The van der Waals surface area contributed by atoms with E-state index in [1.54, 1.807) is 10.8 Å². The molecule has 100 valence electrons. The maximum atomic E-state index is 11.5. The summed E-state index contributed by atoms with van der Waals surface area (Å²) in [6, 6.07) is 0. The van der Waals surface area contributed by atoms with Gasteiger partial charge in [0.05, 0.1) is 6.42 Å². The summed E-state index contributed by atoms with van der Waals surface area (Å²) in [7, 11) is 1.76. The van der Waals surface area contributed by atoms with Gasteiger partial charge in [-0.3, -0.25) is 9.79 Å². The topological polar surface area (TPSA) is 72.5 Å². The van der Waals surface area contributed by atoms with Crippen LogP contribution in [0.1, 0.15) is 13.3 Å². The van der Waals surface area contributed by atoms with Gasteiger partial charge in [0.2, 0.25) is 5.91 Å². The van der Waals surface area contributed by atoms with Crippen molar-refractivity contribution >= 4 is 42.0 Å². The second-order valence-electron chi connectivity index (χ2n) is 3.24. The lowest BCUT2D eigenvalue weighted by Gasteiger charge is -1.96. The molecule has 0 aliphatic rings. The van der Waals surface area contributed by atoms with Gasteiger partial charge in [-0.15, -0.1) is 0 Å². The highest BCUT2D eigenvalue weighted by molar-refractivity contribution is 8.78. The van der Waals surface area contributed by atoms with Gasteiger partial charge < -0.3 is 5.73 Å². The number of carbonyl (C=O) groups excluding carboxylic acids is 1. The van der Waals surface area contributed by atoms with E-state index in [2.05, 4.69) is 11.7 Å². The van der Waals surface area contributed by atoms with Gasteiger partial charge in [-0.25, -0.2) is 0 Å². The summed E-state index contributed by atoms with van der Waals surface area (Å²) in [5.41, 5.74) is 4.99. The molecule has 0 rings (SSSR count). The fourth-order valence-electron chi connectivity index (χ4n) is 0.873. The Morgan fingerprint density at radius 1 is 1.50 bits per heavy atom. The number of nitrogens with zero attached hydrogens (tertiary/aromatic N) is 1. The number of amides is 1. The van der Waals surface area contributed by atoms with Crippen LogP contribution in [0.5, 0.6) is 0 Å². The van der Waals surface area contributed by atoms with Gasteiger partial charge in [-0.05, 0) is 30.5 Å². The molecular weight excluding hydrogens is 287 g/mol. The molecular formula is C11H18N2O2PS2+. The van der Waals surface area contributed by atoms with Crippen LogP contribution in [0.15, 0.2) is 28.2 Å². The number of allylic oxidation sites excluding steroid dienone is 3. The number of hydrogen-bond acceptors (Lipinski definition) is 5. The lowest BCUT2D eigenvalue weighted by molar-refractivity contribution is -0.117. The van der Waals surface area contributed by atoms with E-state index in [1.165, 1.54) is 10.8 Å². The first-order chi connectivity index (χ1) is 8.60. The van der Waals surface area contributed by atoms with Crippen LogP contribution in [0.25, 0.3) is 0 Å². The monoisotopic (exact) mass is 305 g/mol. The third kappa shape index (κ3) is 10.6. The zero-order chi connectivity index (χ0) is 13.8. The van der Waals surface area contributed by atoms with Crippen LogP contribution in [-0.2, 0) is 9.36 Å². The number of primary amides is 1. The van der Waals surface area contributed by atoms with Crippen molar-refractivity contribution < 1.29 is 9.36 Å². The molecule has 7 heteroatoms. The van der Waals surface area contributed by atoms with Crippen LogP contribution < -0.4 is 5.73 Å². The van der Waals surface area contributed by atoms with Crippen molar-refractivity contribution in [3.05, 3.63) is 23.3 Å². The molecule has 4 nitrogen and oxygen atoms in total. The van der Waals surface area contributed by atoms with Crippen LogP contribution in [0, 0.1) is 0 Å². The van der Waals surface area contributed by atoms with Crippen molar-refractivity contribution in [1.82, 2.24) is 0 Å². The lowest BCUT2D eigenvalue weighted by Crippen LogP contribution is -2.11. The molecule has 1 unspecified atom stereocenters. The Labute approximate surface area is 117 Å².